The highest BCUT2D eigenvalue weighted by molar-refractivity contribution is 5.31. The second kappa shape index (κ2) is 7.09. The van der Waals surface area contributed by atoms with Gasteiger partial charge in [0.15, 0.2) is 0 Å². The third-order valence-corrected chi connectivity index (χ3v) is 4.87. The molecule has 0 saturated heterocycles. The van der Waals surface area contributed by atoms with Gasteiger partial charge < -0.3 is 5.32 Å². The zero-order chi connectivity index (χ0) is 15.3. The molecular weight excluding hydrogens is 256 g/mol. The van der Waals surface area contributed by atoms with Crippen molar-refractivity contribution in [2.75, 3.05) is 0 Å². The van der Waals surface area contributed by atoms with Crippen LogP contribution in [0.15, 0.2) is 24.3 Å². The summed E-state index contributed by atoms with van der Waals surface area (Å²) >= 11 is 0. The Morgan fingerprint density at radius 1 is 1.10 bits per heavy atom. The Morgan fingerprint density at radius 2 is 1.81 bits per heavy atom. The van der Waals surface area contributed by atoms with Gasteiger partial charge in [0.25, 0.3) is 0 Å². The minimum atomic E-state index is 0.446. The van der Waals surface area contributed by atoms with E-state index >= 15 is 0 Å². The quantitative estimate of drug-likeness (QED) is 0.821. The summed E-state index contributed by atoms with van der Waals surface area (Å²) in [6.07, 6.45) is 6.64. The number of nitrogens with one attached hydrogen (secondary N) is 1. The highest BCUT2D eigenvalue weighted by Gasteiger charge is 2.27. The number of nitrogens with zero attached hydrogens (tertiary/aromatic N) is 1. The van der Waals surface area contributed by atoms with Crippen LogP contribution < -0.4 is 5.32 Å². The molecule has 1 aromatic carbocycles. The monoisotopic (exact) mass is 284 g/mol. The van der Waals surface area contributed by atoms with Crippen LogP contribution in [0.5, 0.6) is 0 Å². The molecule has 2 rings (SSSR count). The van der Waals surface area contributed by atoms with E-state index in [2.05, 4.69) is 44.3 Å². The second-order valence-electron chi connectivity index (χ2n) is 7.46. The van der Waals surface area contributed by atoms with Crippen molar-refractivity contribution in [3.8, 4) is 6.07 Å². The molecule has 21 heavy (non-hydrogen) atoms. The molecule has 114 valence electrons. The number of rotatable bonds is 3. The lowest BCUT2D eigenvalue weighted by Gasteiger charge is -2.29. The van der Waals surface area contributed by atoms with Crippen LogP contribution in [0.25, 0.3) is 0 Å². The maximum absolute atomic E-state index is 8.82. The minimum Gasteiger partial charge on any atom is -0.310 e. The third-order valence-electron chi connectivity index (χ3n) is 4.87. The van der Waals surface area contributed by atoms with Crippen LogP contribution in [0.3, 0.4) is 0 Å². The summed E-state index contributed by atoms with van der Waals surface area (Å²) in [5.74, 6) is 0.860. The molecule has 2 nitrogen and oxygen atoms in total. The number of hydrogen-bond donors (Lipinski definition) is 1. The summed E-state index contributed by atoms with van der Waals surface area (Å²) in [4.78, 5) is 0. The molecule has 2 heteroatoms. The Labute approximate surface area is 129 Å². The Balaban J connectivity index is 1.82. The maximum Gasteiger partial charge on any atom is 0.0991 e. The van der Waals surface area contributed by atoms with Gasteiger partial charge in [-0.15, -0.1) is 0 Å². The van der Waals surface area contributed by atoms with Gasteiger partial charge in [0.1, 0.15) is 0 Å². The van der Waals surface area contributed by atoms with Crippen LogP contribution in [0.2, 0.25) is 0 Å². The van der Waals surface area contributed by atoms with Gasteiger partial charge in [-0.1, -0.05) is 39.3 Å². The maximum atomic E-state index is 8.82. The van der Waals surface area contributed by atoms with E-state index < -0.39 is 0 Å². The number of benzene rings is 1. The van der Waals surface area contributed by atoms with E-state index in [0.29, 0.717) is 11.5 Å². The summed E-state index contributed by atoms with van der Waals surface area (Å²) in [5, 5.41) is 12.5. The van der Waals surface area contributed by atoms with Gasteiger partial charge in [-0.25, -0.2) is 0 Å². The molecule has 0 aliphatic heterocycles. The molecule has 0 heterocycles. The van der Waals surface area contributed by atoms with E-state index in [9.17, 15) is 0 Å². The van der Waals surface area contributed by atoms with Crippen LogP contribution in [0.1, 0.15) is 64.0 Å². The van der Waals surface area contributed by atoms with Crippen LogP contribution in [-0.4, -0.2) is 6.04 Å². The van der Waals surface area contributed by atoms with Gasteiger partial charge in [0, 0.05) is 12.6 Å². The lowest BCUT2D eigenvalue weighted by Crippen LogP contribution is -2.28. The van der Waals surface area contributed by atoms with Crippen LogP contribution in [0.4, 0.5) is 0 Å². The first-order valence-electron chi connectivity index (χ1n) is 8.21. The van der Waals surface area contributed by atoms with Gasteiger partial charge >= 0.3 is 0 Å². The Kier molecular flexibility index (Phi) is 5.42. The third kappa shape index (κ3) is 4.86. The summed E-state index contributed by atoms with van der Waals surface area (Å²) in [5.41, 5.74) is 2.45. The van der Waals surface area contributed by atoms with Crippen molar-refractivity contribution < 1.29 is 0 Å². The average molecular weight is 284 g/mol. The SMILES string of the molecule is CC(C)(C)C1CCCC(NCc2ccc(C#N)cc2)CC1. The molecule has 2 atom stereocenters. The lowest BCUT2D eigenvalue weighted by atomic mass is 9.76. The van der Waals surface area contributed by atoms with Crippen LogP contribution in [0, 0.1) is 22.7 Å². The molecule has 2 unspecified atom stereocenters. The molecular formula is C19H28N2. The van der Waals surface area contributed by atoms with E-state index in [0.717, 1.165) is 18.0 Å². The molecule has 0 amide bonds. The van der Waals surface area contributed by atoms with Gasteiger partial charge in [-0.3, -0.25) is 0 Å². The van der Waals surface area contributed by atoms with Crippen molar-refractivity contribution in [2.45, 2.75) is 65.5 Å². The number of nitriles is 1. The van der Waals surface area contributed by atoms with Gasteiger partial charge in [0.05, 0.1) is 11.6 Å². The first kappa shape index (κ1) is 16.0. The predicted octanol–water partition coefficient (Wildman–Crippen LogP) is 4.64. The molecule has 0 spiro atoms. The van der Waals surface area contributed by atoms with Crippen molar-refractivity contribution in [1.82, 2.24) is 5.32 Å². The van der Waals surface area contributed by atoms with E-state index in [1.165, 1.54) is 37.7 Å². The summed E-state index contributed by atoms with van der Waals surface area (Å²) in [6, 6.07) is 10.7. The molecule has 0 radical (unpaired) electrons. The minimum absolute atomic E-state index is 0.446. The number of hydrogen-bond acceptors (Lipinski definition) is 2. The molecule has 1 aromatic rings. The van der Waals surface area contributed by atoms with E-state index in [4.69, 9.17) is 5.26 Å². The fourth-order valence-corrected chi connectivity index (χ4v) is 3.33. The molecule has 1 aliphatic rings. The van der Waals surface area contributed by atoms with E-state index in [1.807, 2.05) is 12.1 Å². The molecule has 0 bridgehead atoms. The smallest absolute Gasteiger partial charge is 0.0991 e. The summed E-state index contributed by atoms with van der Waals surface area (Å²) in [7, 11) is 0. The topological polar surface area (TPSA) is 35.8 Å². The molecule has 1 saturated carbocycles. The Hall–Kier alpha value is -1.33. The molecule has 1 aliphatic carbocycles. The van der Waals surface area contributed by atoms with Crippen LogP contribution >= 0.6 is 0 Å². The largest absolute Gasteiger partial charge is 0.310 e. The Bertz CT molecular complexity index is 476. The van der Waals surface area contributed by atoms with Crippen molar-refractivity contribution in [3.05, 3.63) is 35.4 Å². The molecule has 1 N–H and O–H groups in total. The second-order valence-corrected chi connectivity index (χ2v) is 7.46. The first-order chi connectivity index (χ1) is 9.99. The average Bonchev–Trinajstić information content (AvgIpc) is 2.71. The zero-order valence-electron chi connectivity index (χ0n) is 13.7. The van der Waals surface area contributed by atoms with Crippen molar-refractivity contribution in [2.24, 2.45) is 11.3 Å². The standard InChI is InChI=1S/C19H28N2/c1-19(2,3)17-5-4-6-18(12-11-17)21-14-16-9-7-15(13-20)8-10-16/h7-10,17-18,21H,4-6,11-12,14H2,1-3H3. The van der Waals surface area contributed by atoms with Gasteiger partial charge in [0.2, 0.25) is 0 Å². The lowest BCUT2D eigenvalue weighted by molar-refractivity contribution is 0.213. The molecule has 1 fully saturated rings. The summed E-state index contributed by atoms with van der Waals surface area (Å²) < 4.78 is 0. The van der Waals surface area contributed by atoms with E-state index in [1.54, 1.807) is 0 Å². The van der Waals surface area contributed by atoms with Crippen molar-refractivity contribution >= 4 is 0 Å². The van der Waals surface area contributed by atoms with Crippen molar-refractivity contribution in [3.63, 3.8) is 0 Å². The zero-order valence-corrected chi connectivity index (χ0v) is 13.7. The van der Waals surface area contributed by atoms with Crippen molar-refractivity contribution in [1.29, 1.82) is 5.26 Å². The van der Waals surface area contributed by atoms with Crippen LogP contribution in [-0.2, 0) is 6.54 Å². The fraction of sp³-hybridized carbons (Fsp3) is 0.632. The predicted molar refractivity (Wildman–Crippen MR) is 87.8 cm³/mol. The van der Waals surface area contributed by atoms with Gasteiger partial charge in [-0.05, 0) is 54.7 Å². The summed E-state index contributed by atoms with van der Waals surface area (Å²) in [6.45, 7) is 8.04. The van der Waals surface area contributed by atoms with Gasteiger partial charge in [-0.2, -0.15) is 5.26 Å². The highest BCUT2D eigenvalue weighted by atomic mass is 14.9. The highest BCUT2D eigenvalue weighted by Crippen LogP contribution is 2.36. The normalized spacial score (nSPS) is 23.3. The van der Waals surface area contributed by atoms with E-state index in [-0.39, 0.29) is 0 Å². The fourth-order valence-electron chi connectivity index (χ4n) is 3.33. The first-order valence-corrected chi connectivity index (χ1v) is 8.21. The Morgan fingerprint density at radius 3 is 2.43 bits per heavy atom. The molecule has 0 aromatic heterocycles.